The maximum absolute atomic E-state index is 12.9. The van der Waals surface area contributed by atoms with E-state index in [0.717, 1.165) is 5.56 Å². The minimum Gasteiger partial charge on any atom is -0.431 e. The molecule has 2 aromatic rings. The van der Waals surface area contributed by atoms with Crippen LogP contribution in [-0.2, 0) is 4.79 Å². The second kappa shape index (κ2) is 6.52. The van der Waals surface area contributed by atoms with Gasteiger partial charge in [0.25, 0.3) is 5.22 Å². The molecule has 1 aromatic heterocycles. The number of halogens is 1. The zero-order chi connectivity index (χ0) is 16.3. The van der Waals surface area contributed by atoms with E-state index in [9.17, 15) is 9.18 Å². The van der Waals surface area contributed by atoms with Gasteiger partial charge in [-0.3, -0.25) is 4.79 Å². The number of carbonyl (C=O) groups is 1. The molecule has 4 nitrogen and oxygen atoms in total. The molecule has 1 aromatic carbocycles. The predicted molar refractivity (Wildman–Crippen MR) is 85.1 cm³/mol. The first-order valence-corrected chi connectivity index (χ1v) is 7.83. The lowest BCUT2D eigenvalue weighted by atomic mass is 10.1. The Labute approximate surface area is 133 Å². The number of benzene rings is 1. The highest BCUT2D eigenvalue weighted by molar-refractivity contribution is 8.00. The Morgan fingerprint density at radius 1 is 1.32 bits per heavy atom. The number of hydrogen-bond donors (Lipinski definition) is 1. The molecule has 22 heavy (non-hydrogen) atoms. The van der Waals surface area contributed by atoms with Gasteiger partial charge in [0, 0.05) is 11.1 Å². The van der Waals surface area contributed by atoms with Gasteiger partial charge in [0.15, 0.2) is 5.76 Å². The van der Waals surface area contributed by atoms with E-state index in [1.54, 1.807) is 25.3 Å². The molecule has 0 radical (unpaired) electrons. The number of aromatic nitrogens is 1. The highest BCUT2D eigenvalue weighted by Gasteiger charge is 2.22. The zero-order valence-corrected chi connectivity index (χ0v) is 13.8. The van der Waals surface area contributed by atoms with Crippen molar-refractivity contribution in [1.82, 2.24) is 10.3 Å². The lowest BCUT2D eigenvalue weighted by Gasteiger charge is -2.22. The van der Waals surface area contributed by atoms with Crippen LogP contribution in [0.2, 0.25) is 0 Å². The van der Waals surface area contributed by atoms with Crippen molar-refractivity contribution < 1.29 is 13.6 Å². The number of thioether (sulfide) groups is 1. The number of oxazole rings is 1. The lowest BCUT2D eigenvalue weighted by molar-refractivity contribution is -0.121. The van der Waals surface area contributed by atoms with E-state index < -0.39 is 0 Å². The summed E-state index contributed by atoms with van der Waals surface area (Å²) in [7, 11) is 0. The van der Waals surface area contributed by atoms with Gasteiger partial charge in [0.1, 0.15) is 5.82 Å². The fourth-order valence-electron chi connectivity index (χ4n) is 1.74. The van der Waals surface area contributed by atoms with Gasteiger partial charge in [0.2, 0.25) is 5.91 Å². The van der Waals surface area contributed by atoms with Gasteiger partial charge < -0.3 is 9.73 Å². The van der Waals surface area contributed by atoms with Crippen molar-refractivity contribution in [3.05, 3.63) is 36.3 Å². The second-order valence-corrected chi connectivity index (χ2v) is 7.29. The van der Waals surface area contributed by atoms with Crippen LogP contribution in [0.4, 0.5) is 4.39 Å². The summed E-state index contributed by atoms with van der Waals surface area (Å²) in [5.74, 6) is 0.176. The molecular weight excluding hydrogens is 303 g/mol. The van der Waals surface area contributed by atoms with E-state index in [1.807, 2.05) is 20.8 Å². The Bertz CT molecular complexity index is 647. The molecule has 1 amide bonds. The average Bonchev–Trinajstić information content (AvgIpc) is 2.86. The molecule has 0 fully saturated rings. The fourth-order valence-corrected chi connectivity index (χ4v) is 2.46. The number of carbonyl (C=O) groups excluding carboxylic acids is 1. The highest BCUT2D eigenvalue weighted by Crippen LogP contribution is 2.28. The molecule has 0 aliphatic carbocycles. The summed E-state index contributed by atoms with van der Waals surface area (Å²) in [6.45, 7) is 7.59. The zero-order valence-electron chi connectivity index (χ0n) is 13.0. The smallest absolute Gasteiger partial charge is 0.256 e. The quantitative estimate of drug-likeness (QED) is 0.868. The molecule has 0 spiro atoms. The molecule has 1 N–H and O–H groups in total. The van der Waals surface area contributed by atoms with E-state index in [0.29, 0.717) is 11.0 Å². The Morgan fingerprint density at radius 3 is 2.55 bits per heavy atom. The molecular formula is C16H19FN2O2S. The summed E-state index contributed by atoms with van der Waals surface area (Å²) in [6.07, 6.45) is 1.57. The molecule has 0 aliphatic heterocycles. The van der Waals surface area contributed by atoms with Gasteiger partial charge in [-0.1, -0.05) is 11.8 Å². The summed E-state index contributed by atoms with van der Waals surface area (Å²) in [5, 5.41) is 3.01. The van der Waals surface area contributed by atoms with Crippen molar-refractivity contribution in [2.45, 2.75) is 43.7 Å². The molecule has 2 rings (SSSR count). The SMILES string of the molecule is C[C@H](Sc1ncc(-c2ccc(F)cc2)o1)C(=O)NC(C)(C)C. The summed E-state index contributed by atoms with van der Waals surface area (Å²) in [4.78, 5) is 16.2. The van der Waals surface area contributed by atoms with Gasteiger partial charge in [-0.05, 0) is 52.0 Å². The topological polar surface area (TPSA) is 55.1 Å². The minimum absolute atomic E-state index is 0.0703. The Morgan fingerprint density at radius 2 is 1.95 bits per heavy atom. The Kier molecular flexibility index (Phi) is 4.90. The van der Waals surface area contributed by atoms with Gasteiger partial charge >= 0.3 is 0 Å². The van der Waals surface area contributed by atoms with E-state index >= 15 is 0 Å². The molecule has 0 aliphatic rings. The second-order valence-electron chi connectivity index (χ2n) is 6.00. The number of nitrogens with zero attached hydrogens (tertiary/aromatic N) is 1. The molecule has 118 valence electrons. The Balaban J connectivity index is 2.03. The summed E-state index contributed by atoms with van der Waals surface area (Å²) in [6, 6.07) is 5.98. The lowest BCUT2D eigenvalue weighted by Crippen LogP contribution is -2.44. The van der Waals surface area contributed by atoms with Gasteiger partial charge in [0.05, 0.1) is 11.4 Å². The van der Waals surface area contributed by atoms with Crippen LogP contribution in [0.3, 0.4) is 0 Å². The van der Waals surface area contributed by atoms with Crippen LogP contribution >= 0.6 is 11.8 Å². The number of nitrogens with one attached hydrogen (secondary N) is 1. The summed E-state index contributed by atoms with van der Waals surface area (Å²) < 4.78 is 18.5. The normalized spacial score (nSPS) is 13.0. The monoisotopic (exact) mass is 322 g/mol. The van der Waals surface area contributed by atoms with Crippen molar-refractivity contribution in [3.8, 4) is 11.3 Å². The first-order valence-electron chi connectivity index (χ1n) is 6.95. The Hall–Kier alpha value is -1.82. The van der Waals surface area contributed by atoms with Crippen molar-refractivity contribution >= 4 is 17.7 Å². The van der Waals surface area contributed by atoms with Crippen molar-refractivity contribution in [2.24, 2.45) is 0 Å². The van der Waals surface area contributed by atoms with E-state index in [2.05, 4.69) is 10.3 Å². The van der Waals surface area contributed by atoms with E-state index in [1.165, 1.54) is 23.9 Å². The molecule has 0 unspecified atom stereocenters. The van der Waals surface area contributed by atoms with E-state index in [-0.39, 0.29) is 22.5 Å². The van der Waals surface area contributed by atoms with Crippen LogP contribution in [-0.4, -0.2) is 21.7 Å². The van der Waals surface area contributed by atoms with Crippen LogP contribution < -0.4 is 5.32 Å². The van der Waals surface area contributed by atoms with Crippen LogP contribution in [0.15, 0.2) is 40.1 Å². The molecule has 1 heterocycles. The third-order valence-corrected chi connectivity index (χ3v) is 3.72. The first-order chi connectivity index (χ1) is 10.2. The standard InChI is InChI=1S/C16H19FN2O2S/c1-10(14(20)19-16(2,3)4)22-15-18-9-13(21-15)11-5-7-12(17)8-6-11/h5-10H,1-4H3,(H,19,20)/t10-/m0/s1. The van der Waals surface area contributed by atoms with E-state index in [4.69, 9.17) is 4.42 Å². The molecule has 0 bridgehead atoms. The highest BCUT2D eigenvalue weighted by atomic mass is 32.2. The third kappa shape index (κ3) is 4.59. The predicted octanol–water partition coefficient (Wildman–Crippen LogP) is 3.88. The van der Waals surface area contributed by atoms with Crippen LogP contribution in [0.5, 0.6) is 0 Å². The largest absolute Gasteiger partial charge is 0.431 e. The first kappa shape index (κ1) is 16.5. The van der Waals surface area contributed by atoms with Gasteiger partial charge in [-0.25, -0.2) is 9.37 Å². The molecule has 0 saturated heterocycles. The summed E-state index contributed by atoms with van der Waals surface area (Å²) in [5.41, 5.74) is 0.467. The fraction of sp³-hybridized carbons (Fsp3) is 0.375. The van der Waals surface area contributed by atoms with Crippen LogP contribution in [0, 0.1) is 5.82 Å². The molecule has 0 saturated carbocycles. The van der Waals surface area contributed by atoms with Crippen molar-refractivity contribution in [1.29, 1.82) is 0 Å². The van der Waals surface area contributed by atoms with Crippen LogP contribution in [0.1, 0.15) is 27.7 Å². The maximum Gasteiger partial charge on any atom is 0.256 e. The van der Waals surface area contributed by atoms with Gasteiger partial charge in [-0.15, -0.1) is 0 Å². The number of amides is 1. The number of rotatable bonds is 4. The minimum atomic E-state index is -0.320. The molecule has 6 heteroatoms. The summed E-state index contributed by atoms with van der Waals surface area (Å²) >= 11 is 1.25. The van der Waals surface area contributed by atoms with Crippen molar-refractivity contribution in [3.63, 3.8) is 0 Å². The number of hydrogen-bond acceptors (Lipinski definition) is 4. The van der Waals surface area contributed by atoms with Crippen LogP contribution in [0.25, 0.3) is 11.3 Å². The maximum atomic E-state index is 12.9. The third-order valence-electron chi connectivity index (χ3n) is 2.76. The average molecular weight is 322 g/mol. The van der Waals surface area contributed by atoms with Gasteiger partial charge in [-0.2, -0.15) is 0 Å². The molecule has 1 atom stereocenters. The van der Waals surface area contributed by atoms with Crippen molar-refractivity contribution in [2.75, 3.05) is 0 Å².